The summed E-state index contributed by atoms with van der Waals surface area (Å²) in [6.45, 7) is 1.31. The highest BCUT2D eigenvalue weighted by Gasteiger charge is 2.37. The molecule has 1 aromatic carbocycles. The Morgan fingerprint density at radius 3 is 2.72 bits per heavy atom. The summed E-state index contributed by atoms with van der Waals surface area (Å²) in [5.41, 5.74) is 0.506. The second-order valence-corrected chi connectivity index (χ2v) is 6.42. The van der Waals surface area contributed by atoms with Crippen molar-refractivity contribution in [2.45, 2.75) is 13.3 Å². The quantitative estimate of drug-likeness (QED) is 0.691. The Morgan fingerprint density at radius 2 is 2.07 bits per heavy atom. The van der Waals surface area contributed by atoms with Crippen LogP contribution in [0.3, 0.4) is 0 Å². The van der Waals surface area contributed by atoms with Crippen LogP contribution in [0.4, 0.5) is 11.5 Å². The number of carbonyl (C=O) groups excluding carboxylic acids is 3. The molecule has 1 saturated heterocycles. The molecule has 1 fully saturated rings. The second kappa shape index (κ2) is 8.63. The zero-order chi connectivity index (χ0) is 21.0. The second-order valence-electron chi connectivity index (χ2n) is 6.42. The number of anilines is 2. The third kappa shape index (κ3) is 4.65. The molecule has 29 heavy (non-hydrogen) atoms. The molecule has 1 aliphatic heterocycles. The lowest BCUT2D eigenvalue weighted by atomic mass is 10.1. The Labute approximate surface area is 166 Å². The van der Waals surface area contributed by atoms with Crippen molar-refractivity contribution in [2.24, 2.45) is 5.92 Å². The summed E-state index contributed by atoms with van der Waals surface area (Å²) in [6, 6.07) is 6.60. The highest BCUT2D eigenvalue weighted by atomic mass is 16.5. The number of rotatable bonds is 7. The van der Waals surface area contributed by atoms with Crippen molar-refractivity contribution in [1.82, 2.24) is 5.16 Å². The van der Waals surface area contributed by atoms with Gasteiger partial charge in [-0.15, -0.1) is 0 Å². The predicted molar refractivity (Wildman–Crippen MR) is 101 cm³/mol. The monoisotopic (exact) mass is 403 g/mol. The van der Waals surface area contributed by atoms with Crippen molar-refractivity contribution in [3.63, 3.8) is 0 Å². The van der Waals surface area contributed by atoms with Gasteiger partial charge in [-0.2, -0.15) is 0 Å². The van der Waals surface area contributed by atoms with Crippen LogP contribution in [0.5, 0.6) is 11.5 Å². The number of nitrogens with one attached hydrogen (secondary N) is 1. The van der Waals surface area contributed by atoms with Crippen LogP contribution in [0, 0.1) is 12.8 Å². The fourth-order valence-electron chi connectivity index (χ4n) is 2.96. The molecule has 0 spiro atoms. The number of hydrogen-bond donors (Lipinski definition) is 1. The van der Waals surface area contributed by atoms with E-state index in [0.29, 0.717) is 22.9 Å². The summed E-state index contributed by atoms with van der Waals surface area (Å²) in [4.78, 5) is 38.1. The average molecular weight is 403 g/mol. The van der Waals surface area contributed by atoms with Crippen molar-refractivity contribution in [1.29, 1.82) is 0 Å². The van der Waals surface area contributed by atoms with Crippen molar-refractivity contribution >= 4 is 29.3 Å². The molecule has 2 aromatic rings. The summed E-state index contributed by atoms with van der Waals surface area (Å²) < 4.78 is 20.4. The van der Waals surface area contributed by atoms with Crippen LogP contribution in [-0.2, 0) is 19.1 Å². The molecule has 2 heterocycles. The fourth-order valence-corrected chi connectivity index (χ4v) is 2.96. The van der Waals surface area contributed by atoms with Crippen molar-refractivity contribution in [3.8, 4) is 11.5 Å². The number of esters is 1. The molecule has 0 aliphatic carbocycles. The van der Waals surface area contributed by atoms with Crippen LogP contribution in [0.25, 0.3) is 0 Å². The number of nitrogens with zero attached hydrogens (tertiary/aromatic N) is 2. The minimum absolute atomic E-state index is 0.0245. The van der Waals surface area contributed by atoms with E-state index in [1.807, 2.05) is 0 Å². The maximum Gasteiger partial charge on any atom is 0.311 e. The molecule has 1 aliphatic rings. The maximum absolute atomic E-state index is 12.5. The Morgan fingerprint density at radius 1 is 1.28 bits per heavy atom. The molecule has 154 valence electrons. The fraction of sp³-hybridized carbons (Fsp3) is 0.368. The molecule has 10 nitrogen and oxygen atoms in total. The molecule has 0 radical (unpaired) electrons. The molecule has 10 heteroatoms. The summed E-state index contributed by atoms with van der Waals surface area (Å²) in [6.07, 6.45) is -0.0245. The number of methoxy groups -OCH3 is 2. The van der Waals surface area contributed by atoms with Crippen LogP contribution in [0.1, 0.15) is 12.2 Å². The first-order valence-corrected chi connectivity index (χ1v) is 8.83. The van der Waals surface area contributed by atoms with E-state index in [4.69, 9.17) is 18.7 Å². The number of aromatic nitrogens is 1. The van der Waals surface area contributed by atoms with Gasteiger partial charge in [-0.25, -0.2) is 0 Å². The van der Waals surface area contributed by atoms with Gasteiger partial charge in [-0.05, 0) is 19.1 Å². The molecule has 0 saturated carbocycles. The molecule has 3 rings (SSSR count). The lowest BCUT2D eigenvalue weighted by Crippen LogP contribution is -2.28. The third-order valence-corrected chi connectivity index (χ3v) is 4.38. The van der Waals surface area contributed by atoms with Crippen LogP contribution in [0.2, 0.25) is 0 Å². The number of aryl methyl sites for hydroxylation is 1. The number of benzene rings is 1. The van der Waals surface area contributed by atoms with Crippen molar-refractivity contribution < 1.29 is 33.1 Å². The van der Waals surface area contributed by atoms with E-state index < -0.39 is 24.4 Å². The first-order valence-electron chi connectivity index (χ1n) is 8.83. The van der Waals surface area contributed by atoms with Gasteiger partial charge in [0.2, 0.25) is 5.91 Å². The van der Waals surface area contributed by atoms with E-state index in [2.05, 4.69) is 10.5 Å². The van der Waals surface area contributed by atoms with Crippen LogP contribution >= 0.6 is 0 Å². The van der Waals surface area contributed by atoms with Gasteiger partial charge in [0, 0.05) is 25.1 Å². The summed E-state index contributed by atoms with van der Waals surface area (Å²) in [5, 5.41) is 6.07. The van der Waals surface area contributed by atoms with Gasteiger partial charge in [-0.3, -0.25) is 14.4 Å². The molecule has 1 atom stereocenters. The van der Waals surface area contributed by atoms with Gasteiger partial charge < -0.3 is 29.0 Å². The molecular weight excluding hydrogens is 382 g/mol. The molecule has 1 aromatic heterocycles. The predicted octanol–water partition coefficient (Wildman–Crippen LogP) is 1.54. The molecule has 0 unspecified atom stereocenters. The smallest absolute Gasteiger partial charge is 0.311 e. The number of ether oxygens (including phenoxy) is 3. The summed E-state index contributed by atoms with van der Waals surface area (Å²) >= 11 is 0. The highest BCUT2D eigenvalue weighted by Crippen LogP contribution is 2.36. The Kier molecular flexibility index (Phi) is 6.01. The first-order chi connectivity index (χ1) is 13.9. The minimum atomic E-state index is -0.694. The Bertz CT molecular complexity index is 924. The van der Waals surface area contributed by atoms with E-state index in [0.717, 1.165) is 0 Å². The van der Waals surface area contributed by atoms with E-state index in [1.165, 1.54) is 25.2 Å². The molecule has 1 N–H and O–H groups in total. The summed E-state index contributed by atoms with van der Waals surface area (Å²) in [5.74, 6) is -0.321. The summed E-state index contributed by atoms with van der Waals surface area (Å²) in [7, 11) is 3.01. The first kappa shape index (κ1) is 20.2. The third-order valence-electron chi connectivity index (χ3n) is 4.38. The SMILES string of the molecule is COc1ccc(OC)c(N2C[C@H](C(=O)OCC(=O)Nc3cc(C)on3)CC2=O)c1. The molecule has 0 bridgehead atoms. The minimum Gasteiger partial charge on any atom is -0.497 e. The van der Waals surface area contributed by atoms with E-state index in [9.17, 15) is 14.4 Å². The topological polar surface area (TPSA) is 120 Å². The maximum atomic E-state index is 12.5. The van der Waals surface area contributed by atoms with E-state index in [-0.39, 0.29) is 24.7 Å². The number of hydrogen-bond acceptors (Lipinski definition) is 8. The van der Waals surface area contributed by atoms with Gasteiger partial charge in [0.1, 0.15) is 17.3 Å². The lowest BCUT2D eigenvalue weighted by Gasteiger charge is -2.20. The van der Waals surface area contributed by atoms with Gasteiger partial charge in [0.15, 0.2) is 12.4 Å². The standard InChI is InChI=1S/C19H21N3O7/c1-11-6-16(21-29-11)20-17(23)10-28-19(25)12-7-18(24)22(9-12)14-8-13(26-2)4-5-15(14)27-3/h4-6,8,12H,7,9-10H2,1-3H3,(H,20,21,23)/t12-/m1/s1. The van der Waals surface area contributed by atoms with E-state index in [1.54, 1.807) is 25.1 Å². The van der Waals surface area contributed by atoms with Crippen LogP contribution in [-0.4, -0.2) is 50.3 Å². The molecular formula is C19H21N3O7. The van der Waals surface area contributed by atoms with Gasteiger partial charge in [-0.1, -0.05) is 5.16 Å². The lowest BCUT2D eigenvalue weighted by molar-refractivity contribution is -0.151. The van der Waals surface area contributed by atoms with Crippen LogP contribution < -0.4 is 19.7 Å². The Hall–Kier alpha value is -3.56. The van der Waals surface area contributed by atoms with Gasteiger partial charge >= 0.3 is 5.97 Å². The number of amides is 2. The largest absolute Gasteiger partial charge is 0.497 e. The average Bonchev–Trinajstić information content (AvgIpc) is 3.30. The highest BCUT2D eigenvalue weighted by molar-refractivity contribution is 6.01. The van der Waals surface area contributed by atoms with Gasteiger partial charge in [0.25, 0.3) is 5.91 Å². The zero-order valence-electron chi connectivity index (χ0n) is 16.3. The van der Waals surface area contributed by atoms with Gasteiger partial charge in [0.05, 0.1) is 25.8 Å². The van der Waals surface area contributed by atoms with Crippen molar-refractivity contribution in [3.05, 3.63) is 30.0 Å². The molecule has 2 amide bonds. The zero-order valence-corrected chi connectivity index (χ0v) is 16.3. The number of carbonyl (C=O) groups is 3. The van der Waals surface area contributed by atoms with Crippen molar-refractivity contribution in [2.75, 3.05) is 37.6 Å². The Balaban J connectivity index is 1.59. The van der Waals surface area contributed by atoms with E-state index >= 15 is 0 Å². The normalized spacial score (nSPS) is 15.9. The van der Waals surface area contributed by atoms with Crippen LogP contribution in [0.15, 0.2) is 28.8 Å².